The smallest absolute Gasteiger partial charge is 0.411 e. The first-order valence-electron chi connectivity index (χ1n) is 9.55. The third-order valence-corrected chi connectivity index (χ3v) is 5.40. The molecule has 0 radical (unpaired) electrons. The molecule has 0 bridgehead atoms. The highest BCUT2D eigenvalue weighted by Gasteiger charge is 2.60. The van der Waals surface area contributed by atoms with Crippen LogP contribution >= 0.6 is 0 Å². The Labute approximate surface area is 173 Å². The highest BCUT2D eigenvalue weighted by atomic mass is 16.6. The Morgan fingerprint density at radius 1 is 0.967 bits per heavy atom. The molecule has 0 N–H and O–H groups in total. The van der Waals surface area contributed by atoms with Crippen molar-refractivity contribution in [3.05, 3.63) is 59.7 Å². The fraction of sp³-hybridized carbons (Fsp3) is 0.318. The van der Waals surface area contributed by atoms with Gasteiger partial charge in [0.15, 0.2) is 17.3 Å². The molecule has 2 amide bonds. The summed E-state index contributed by atoms with van der Waals surface area (Å²) in [7, 11) is 3.08. The zero-order chi connectivity index (χ0) is 21.3. The van der Waals surface area contributed by atoms with Crippen molar-refractivity contribution in [2.75, 3.05) is 20.8 Å². The van der Waals surface area contributed by atoms with E-state index in [0.29, 0.717) is 11.5 Å². The van der Waals surface area contributed by atoms with Crippen LogP contribution < -0.4 is 9.47 Å². The lowest BCUT2D eigenvalue weighted by atomic mass is 9.94. The monoisotopic (exact) mass is 410 g/mol. The van der Waals surface area contributed by atoms with Gasteiger partial charge in [0, 0.05) is 6.54 Å². The molecule has 2 fully saturated rings. The first kappa shape index (κ1) is 19.8. The second kappa shape index (κ2) is 8.06. The number of ether oxygens (including phenoxy) is 3. The Kier molecular flexibility index (Phi) is 5.31. The number of nitrogens with zero attached hydrogens (tertiary/aromatic N) is 2. The Hall–Kier alpha value is -3.55. The van der Waals surface area contributed by atoms with Crippen LogP contribution in [0, 0.1) is 0 Å². The maximum absolute atomic E-state index is 12.7. The quantitative estimate of drug-likeness (QED) is 0.678. The number of carbonyl (C=O) groups excluding carboxylic acids is 3. The van der Waals surface area contributed by atoms with Crippen LogP contribution in [0.5, 0.6) is 11.5 Å². The van der Waals surface area contributed by atoms with E-state index in [4.69, 9.17) is 14.2 Å². The first-order valence-corrected chi connectivity index (χ1v) is 9.55. The van der Waals surface area contributed by atoms with Gasteiger partial charge in [-0.1, -0.05) is 36.4 Å². The summed E-state index contributed by atoms with van der Waals surface area (Å²) in [5, 5.41) is 0. The molecule has 4 rings (SSSR count). The van der Waals surface area contributed by atoms with Crippen LogP contribution in [0.15, 0.2) is 48.5 Å². The number of hydrogen-bond acceptors (Lipinski definition) is 6. The summed E-state index contributed by atoms with van der Waals surface area (Å²) >= 11 is 0. The molecule has 0 spiro atoms. The van der Waals surface area contributed by atoms with Crippen molar-refractivity contribution in [2.24, 2.45) is 0 Å². The van der Waals surface area contributed by atoms with Crippen molar-refractivity contribution in [3.63, 3.8) is 0 Å². The molecule has 2 saturated heterocycles. The number of fused-ring (bicyclic) bond motifs is 1. The summed E-state index contributed by atoms with van der Waals surface area (Å²) in [6, 6.07) is 13.1. The third-order valence-electron chi connectivity index (χ3n) is 5.40. The maximum Gasteiger partial charge on any atom is 0.411 e. The number of Topliss-reactive ketones (excluding diaryl/α,β-unsaturated/α-hetero) is 1. The molecule has 0 saturated carbocycles. The lowest BCUT2D eigenvalue weighted by Crippen LogP contribution is -2.67. The SMILES string of the molecule is COc1ccc(CN2C(=O)[C@@H]3[C@@H]2C(=O)CN3C(=O)OCc2ccccc2)cc1OC. The van der Waals surface area contributed by atoms with Crippen molar-refractivity contribution in [2.45, 2.75) is 25.2 Å². The number of hydrogen-bond donors (Lipinski definition) is 0. The van der Waals surface area contributed by atoms with E-state index in [-0.39, 0.29) is 31.4 Å². The number of methoxy groups -OCH3 is 2. The largest absolute Gasteiger partial charge is 0.493 e. The zero-order valence-corrected chi connectivity index (χ0v) is 16.7. The van der Waals surface area contributed by atoms with Gasteiger partial charge in [-0.15, -0.1) is 0 Å². The molecule has 2 aromatic carbocycles. The lowest BCUT2D eigenvalue weighted by Gasteiger charge is -2.44. The summed E-state index contributed by atoms with van der Waals surface area (Å²) < 4.78 is 15.8. The number of ketones is 1. The number of likely N-dealkylation sites (tertiary alicyclic amines) is 2. The normalized spacial score (nSPS) is 19.9. The molecule has 2 heterocycles. The van der Waals surface area contributed by atoms with Gasteiger partial charge < -0.3 is 19.1 Å². The maximum atomic E-state index is 12.7. The molecule has 8 nitrogen and oxygen atoms in total. The predicted molar refractivity (Wildman–Crippen MR) is 106 cm³/mol. The molecule has 2 aromatic rings. The van der Waals surface area contributed by atoms with Gasteiger partial charge >= 0.3 is 6.09 Å². The minimum atomic E-state index is -0.791. The fourth-order valence-electron chi connectivity index (χ4n) is 3.88. The standard InChI is InChI=1S/C22H22N2O6/c1-28-17-9-8-15(10-18(17)29-2)11-23-19-16(25)12-24(20(19)21(23)26)22(27)30-13-14-6-4-3-5-7-14/h3-10,19-20H,11-13H2,1-2H3/t19-,20-/m0/s1. The molecule has 2 aliphatic rings. The van der Waals surface area contributed by atoms with Crippen LogP contribution in [0.3, 0.4) is 0 Å². The van der Waals surface area contributed by atoms with Gasteiger partial charge in [0.25, 0.3) is 0 Å². The summed E-state index contributed by atoms with van der Waals surface area (Å²) in [5.74, 6) is 0.691. The van der Waals surface area contributed by atoms with E-state index < -0.39 is 18.2 Å². The van der Waals surface area contributed by atoms with Gasteiger partial charge in [0.05, 0.1) is 20.8 Å². The minimum Gasteiger partial charge on any atom is -0.493 e. The van der Waals surface area contributed by atoms with Crippen molar-refractivity contribution in [3.8, 4) is 11.5 Å². The van der Waals surface area contributed by atoms with E-state index in [1.165, 1.54) is 16.9 Å². The number of carbonyl (C=O) groups is 3. The summed E-state index contributed by atoms with van der Waals surface area (Å²) in [6.07, 6.45) is -0.654. The summed E-state index contributed by atoms with van der Waals surface area (Å²) in [4.78, 5) is 40.4. The molecular weight excluding hydrogens is 388 g/mol. The average Bonchev–Trinajstić information content (AvgIpc) is 3.09. The van der Waals surface area contributed by atoms with Crippen LogP contribution in [0.1, 0.15) is 11.1 Å². The molecule has 0 aliphatic carbocycles. The number of amides is 2. The molecule has 0 unspecified atom stereocenters. The molecular formula is C22H22N2O6. The van der Waals surface area contributed by atoms with Gasteiger partial charge in [-0.25, -0.2) is 4.79 Å². The molecule has 30 heavy (non-hydrogen) atoms. The number of β-lactam (4-membered cyclic amide) rings is 1. The lowest BCUT2D eigenvalue weighted by molar-refractivity contribution is -0.156. The van der Waals surface area contributed by atoms with E-state index in [0.717, 1.165) is 11.1 Å². The van der Waals surface area contributed by atoms with E-state index in [2.05, 4.69) is 0 Å². The van der Waals surface area contributed by atoms with Crippen LogP contribution in [0.25, 0.3) is 0 Å². The van der Waals surface area contributed by atoms with Gasteiger partial charge in [0.1, 0.15) is 18.7 Å². The Bertz CT molecular complexity index is 977. The fourth-order valence-corrected chi connectivity index (χ4v) is 3.88. The highest BCUT2D eigenvalue weighted by Crippen LogP contribution is 2.35. The average molecular weight is 410 g/mol. The van der Waals surface area contributed by atoms with Crippen molar-refractivity contribution >= 4 is 17.8 Å². The highest BCUT2D eigenvalue weighted by molar-refractivity contribution is 6.08. The molecule has 0 aromatic heterocycles. The molecule has 8 heteroatoms. The topological polar surface area (TPSA) is 85.4 Å². The summed E-state index contributed by atoms with van der Waals surface area (Å²) in [5.41, 5.74) is 1.64. The molecule has 2 aliphatic heterocycles. The van der Waals surface area contributed by atoms with E-state index in [1.807, 2.05) is 36.4 Å². The van der Waals surface area contributed by atoms with Gasteiger partial charge in [-0.05, 0) is 23.3 Å². The predicted octanol–water partition coefficient (Wildman–Crippen LogP) is 2.00. The first-order chi connectivity index (χ1) is 14.5. The van der Waals surface area contributed by atoms with E-state index >= 15 is 0 Å². The van der Waals surface area contributed by atoms with Gasteiger partial charge in [0.2, 0.25) is 5.91 Å². The van der Waals surface area contributed by atoms with Gasteiger partial charge in [-0.3, -0.25) is 14.5 Å². The third kappa shape index (κ3) is 3.45. The van der Waals surface area contributed by atoms with Crippen molar-refractivity contribution in [1.29, 1.82) is 0 Å². The number of rotatable bonds is 6. The van der Waals surface area contributed by atoms with E-state index in [1.54, 1.807) is 19.2 Å². The minimum absolute atomic E-state index is 0.0886. The van der Waals surface area contributed by atoms with Crippen molar-refractivity contribution in [1.82, 2.24) is 9.80 Å². The van der Waals surface area contributed by atoms with E-state index in [9.17, 15) is 14.4 Å². The Morgan fingerprint density at radius 2 is 1.70 bits per heavy atom. The number of benzene rings is 2. The second-order valence-electron chi connectivity index (χ2n) is 7.18. The van der Waals surface area contributed by atoms with Crippen LogP contribution in [-0.2, 0) is 27.5 Å². The van der Waals surface area contributed by atoms with Crippen molar-refractivity contribution < 1.29 is 28.6 Å². The van der Waals surface area contributed by atoms with Crippen LogP contribution in [0.4, 0.5) is 4.79 Å². The second-order valence-corrected chi connectivity index (χ2v) is 7.18. The van der Waals surface area contributed by atoms with Gasteiger partial charge in [-0.2, -0.15) is 0 Å². The van der Waals surface area contributed by atoms with Crippen LogP contribution in [-0.4, -0.2) is 60.4 Å². The van der Waals surface area contributed by atoms with Crippen LogP contribution in [0.2, 0.25) is 0 Å². The Balaban J connectivity index is 1.42. The molecule has 156 valence electrons. The molecule has 2 atom stereocenters. The Morgan fingerprint density at radius 3 is 2.40 bits per heavy atom. The summed E-state index contributed by atoms with van der Waals surface area (Å²) in [6.45, 7) is 0.210. The zero-order valence-electron chi connectivity index (χ0n) is 16.7.